The van der Waals surface area contributed by atoms with Gasteiger partial charge in [-0.15, -0.1) is 0 Å². The SMILES string of the molecule is Cn1cc(CN2CCCC23CCN(CCc2ccccc2)CC3)cn1. The molecule has 4 heteroatoms. The first-order valence-corrected chi connectivity index (χ1v) is 9.72. The highest BCUT2D eigenvalue weighted by atomic mass is 15.3. The molecule has 0 N–H and O–H groups in total. The summed E-state index contributed by atoms with van der Waals surface area (Å²) in [6.45, 7) is 6.01. The molecule has 2 aromatic rings. The Kier molecular flexibility index (Phi) is 4.91. The molecule has 0 unspecified atom stereocenters. The number of aryl methyl sites for hydroxylation is 1. The number of hydrogen-bond donors (Lipinski definition) is 0. The highest BCUT2D eigenvalue weighted by Crippen LogP contribution is 2.39. The van der Waals surface area contributed by atoms with Gasteiger partial charge in [0.05, 0.1) is 6.20 Å². The number of piperidine rings is 1. The normalized spacial score (nSPS) is 21.2. The maximum absolute atomic E-state index is 4.34. The number of aromatic nitrogens is 2. The molecule has 1 aromatic carbocycles. The van der Waals surface area contributed by atoms with Crippen LogP contribution in [0.1, 0.15) is 36.8 Å². The minimum absolute atomic E-state index is 0.444. The molecule has 1 aromatic heterocycles. The van der Waals surface area contributed by atoms with Crippen LogP contribution in [0.2, 0.25) is 0 Å². The smallest absolute Gasteiger partial charge is 0.0534 e. The first-order valence-electron chi connectivity index (χ1n) is 9.72. The molecule has 2 aliphatic rings. The van der Waals surface area contributed by atoms with Crippen LogP contribution in [-0.2, 0) is 20.0 Å². The number of likely N-dealkylation sites (tertiary alicyclic amines) is 2. The van der Waals surface area contributed by atoms with Crippen LogP contribution in [0.25, 0.3) is 0 Å². The molecule has 0 saturated carbocycles. The summed E-state index contributed by atoms with van der Waals surface area (Å²) in [5, 5.41) is 4.34. The van der Waals surface area contributed by atoms with Gasteiger partial charge in [-0.1, -0.05) is 30.3 Å². The fraction of sp³-hybridized carbons (Fsp3) is 0.571. The van der Waals surface area contributed by atoms with Crippen molar-refractivity contribution in [2.24, 2.45) is 7.05 Å². The predicted molar refractivity (Wildman–Crippen MR) is 101 cm³/mol. The van der Waals surface area contributed by atoms with Crippen LogP contribution in [0.3, 0.4) is 0 Å². The predicted octanol–water partition coefficient (Wildman–Crippen LogP) is 3.09. The third kappa shape index (κ3) is 3.80. The van der Waals surface area contributed by atoms with Crippen molar-refractivity contribution in [2.75, 3.05) is 26.2 Å². The lowest BCUT2D eigenvalue weighted by molar-refractivity contribution is 0.0482. The third-order valence-electron chi connectivity index (χ3n) is 6.22. The number of hydrogen-bond acceptors (Lipinski definition) is 3. The quantitative estimate of drug-likeness (QED) is 0.837. The molecule has 25 heavy (non-hydrogen) atoms. The second kappa shape index (κ2) is 7.30. The Morgan fingerprint density at radius 2 is 1.80 bits per heavy atom. The largest absolute Gasteiger partial charge is 0.303 e. The van der Waals surface area contributed by atoms with Gasteiger partial charge in [0.25, 0.3) is 0 Å². The van der Waals surface area contributed by atoms with E-state index in [2.05, 4.69) is 51.4 Å². The lowest BCUT2D eigenvalue weighted by atomic mass is 9.84. The Bertz CT molecular complexity index is 670. The Morgan fingerprint density at radius 1 is 1.00 bits per heavy atom. The van der Waals surface area contributed by atoms with Gasteiger partial charge < -0.3 is 4.90 Å². The summed E-state index contributed by atoms with van der Waals surface area (Å²) in [6.07, 6.45) is 10.7. The number of rotatable bonds is 5. The maximum Gasteiger partial charge on any atom is 0.0534 e. The molecule has 2 fully saturated rings. The van der Waals surface area contributed by atoms with Gasteiger partial charge in [-0.3, -0.25) is 9.58 Å². The van der Waals surface area contributed by atoms with Crippen molar-refractivity contribution in [1.82, 2.24) is 19.6 Å². The fourth-order valence-corrected chi connectivity index (χ4v) is 4.71. The minimum Gasteiger partial charge on any atom is -0.303 e. The second-order valence-electron chi connectivity index (χ2n) is 7.85. The summed E-state index contributed by atoms with van der Waals surface area (Å²) in [7, 11) is 2.01. The average Bonchev–Trinajstić information content (AvgIpc) is 3.22. The van der Waals surface area contributed by atoms with Crippen molar-refractivity contribution in [1.29, 1.82) is 0 Å². The van der Waals surface area contributed by atoms with Crippen molar-refractivity contribution < 1.29 is 0 Å². The molecule has 4 rings (SSSR count). The Hall–Kier alpha value is -1.65. The summed E-state index contributed by atoms with van der Waals surface area (Å²) in [6, 6.07) is 10.9. The number of nitrogens with zero attached hydrogens (tertiary/aromatic N) is 4. The Labute approximate surface area is 151 Å². The van der Waals surface area contributed by atoms with Crippen LogP contribution in [0, 0.1) is 0 Å². The molecule has 2 saturated heterocycles. The van der Waals surface area contributed by atoms with Gasteiger partial charge >= 0.3 is 0 Å². The molecular weight excluding hydrogens is 308 g/mol. The Balaban J connectivity index is 1.31. The van der Waals surface area contributed by atoms with Gasteiger partial charge in [-0.25, -0.2) is 0 Å². The van der Waals surface area contributed by atoms with Crippen LogP contribution in [0.15, 0.2) is 42.7 Å². The van der Waals surface area contributed by atoms with E-state index in [0.717, 1.165) is 6.54 Å². The van der Waals surface area contributed by atoms with Gasteiger partial charge in [0.2, 0.25) is 0 Å². The summed E-state index contributed by atoms with van der Waals surface area (Å²) in [5.41, 5.74) is 3.26. The molecule has 134 valence electrons. The van der Waals surface area contributed by atoms with E-state index in [1.54, 1.807) is 0 Å². The zero-order valence-corrected chi connectivity index (χ0v) is 15.4. The van der Waals surface area contributed by atoms with Crippen molar-refractivity contribution in [2.45, 2.75) is 44.2 Å². The zero-order valence-electron chi connectivity index (χ0n) is 15.4. The van der Waals surface area contributed by atoms with E-state index in [-0.39, 0.29) is 0 Å². The summed E-state index contributed by atoms with van der Waals surface area (Å²) < 4.78 is 1.92. The van der Waals surface area contributed by atoms with Crippen LogP contribution < -0.4 is 0 Å². The maximum atomic E-state index is 4.34. The summed E-state index contributed by atoms with van der Waals surface area (Å²) in [4.78, 5) is 5.41. The molecule has 0 bridgehead atoms. The van der Waals surface area contributed by atoms with Crippen molar-refractivity contribution in [3.8, 4) is 0 Å². The summed E-state index contributed by atoms with van der Waals surface area (Å²) >= 11 is 0. The topological polar surface area (TPSA) is 24.3 Å². The van der Waals surface area contributed by atoms with Crippen molar-refractivity contribution >= 4 is 0 Å². The van der Waals surface area contributed by atoms with Crippen LogP contribution in [-0.4, -0.2) is 51.3 Å². The van der Waals surface area contributed by atoms with Gasteiger partial charge in [0, 0.05) is 37.4 Å². The highest BCUT2D eigenvalue weighted by Gasteiger charge is 2.42. The molecule has 4 nitrogen and oxygen atoms in total. The van der Waals surface area contributed by atoms with Crippen molar-refractivity contribution in [3.05, 3.63) is 53.9 Å². The average molecular weight is 338 g/mol. The first-order chi connectivity index (χ1) is 12.2. The lowest BCUT2D eigenvalue weighted by Gasteiger charge is -2.45. The molecule has 0 aliphatic carbocycles. The van der Waals surface area contributed by atoms with Crippen LogP contribution in [0.4, 0.5) is 0 Å². The monoisotopic (exact) mass is 338 g/mol. The molecule has 0 atom stereocenters. The van der Waals surface area contributed by atoms with E-state index in [9.17, 15) is 0 Å². The van der Waals surface area contributed by atoms with Gasteiger partial charge in [0.1, 0.15) is 0 Å². The molecule has 2 aliphatic heterocycles. The van der Waals surface area contributed by atoms with Crippen molar-refractivity contribution in [3.63, 3.8) is 0 Å². The molecule has 1 spiro atoms. The van der Waals surface area contributed by atoms with E-state index in [0.29, 0.717) is 5.54 Å². The van der Waals surface area contributed by atoms with E-state index in [1.165, 1.54) is 69.4 Å². The third-order valence-corrected chi connectivity index (χ3v) is 6.22. The molecule has 3 heterocycles. The zero-order chi connectivity index (χ0) is 17.1. The summed E-state index contributed by atoms with van der Waals surface area (Å²) in [5.74, 6) is 0. The molecular formula is C21H30N4. The van der Waals surface area contributed by atoms with E-state index in [1.807, 2.05) is 17.9 Å². The van der Waals surface area contributed by atoms with Gasteiger partial charge in [0.15, 0.2) is 0 Å². The lowest BCUT2D eigenvalue weighted by Crippen LogP contribution is -2.52. The second-order valence-corrected chi connectivity index (χ2v) is 7.85. The number of benzene rings is 1. The van der Waals surface area contributed by atoms with Gasteiger partial charge in [-0.2, -0.15) is 5.10 Å². The Morgan fingerprint density at radius 3 is 2.52 bits per heavy atom. The van der Waals surface area contributed by atoms with E-state index < -0.39 is 0 Å². The highest BCUT2D eigenvalue weighted by molar-refractivity contribution is 5.15. The van der Waals surface area contributed by atoms with E-state index in [4.69, 9.17) is 0 Å². The van der Waals surface area contributed by atoms with Crippen LogP contribution >= 0.6 is 0 Å². The molecule has 0 radical (unpaired) electrons. The fourth-order valence-electron chi connectivity index (χ4n) is 4.71. The minimum atomic E-state index is 0.444. The molecule has 0 amide bonds. The van der Waals surface area contributed by atoms with Gasteiger partial charge in [-0.05, 0) is 57.3 Å². The van der Waals surface area contributed by atoms with E-state index >= 15 is 0 Å². The first kappa shape index (κ1) is 16.8. The van der Waals surface area contributed by atoms with Crippen LogP contribution in [0.5, 0.6) is 0 Å². The standard InChI is InChI=1S/C21H30N4/c1-23-17-20(16-22-23)18-25-12-5-9-21(25)10-14-24(15-11-21)13-8-19-6-3-2-4-7-19/h2-4,6-7,16-17H,5,8-15,18H2,1H3.